The number of carbonyl (C=O) groups excluding carboxylic acids is 1. The average molecular weight is 366 g/mol. The van der Waals surface area contributed by atoms with E-state index in [4.69, 9.17) is 27.8 Å². The third-order valence-corrected chi connectivity index (χ3v) is 3.74. The molecular formula is C18H12ClN5O2. The lowest BCUT2D eigenvalue weighted by molar-refractivity contribution is 0.0735. The molecule has 0 spiro atoms. The lowest BCUT2D eigenvalue weighted by atomic mass is 10.1. The van der Waals surface area contributed by atoms with Gasteiger partial charge in [0, 0.05) is 10.6 Å². The van der Waals surface area contributed by atoms with Gasteiger partial charge in [0.2, 0.25) is 5.95 Å². The number of nitrogens with two attached hydrogens (primary N) is 2. The van der Waals surface area contributed by atoms with Crippen LogP contribution in [0.5, 0.6) is 5.75 Å². The highest BCUT2D eigenvalue weighted by Gasteiger charge is 2.14. The van der Waals surface area contributed by atoms with E-state index < -0.39 is 5.97 Å². The Morgan fingerprint density at radius 3 is 2.31 bits per heavy atom. The van der Waals surface area contributed by atoms with E-state index in [-0.39, 0.29) is 17.3 Å². The highest BCUT2D eigenvalue weighted by molar-refractivity contribution is 6.30. The average Bonchev–Trinajstić information content (AvgIpc) is 2.62. The number of anilines is 2. The predicted molar refractivity (Wildman–Crippen MR) is 97.4 cm³/mol. The first-order valence-electron chi connectivity index (χ1n) is 7.39. The summed E-state index contributed by atoms with van der Waals surface area (Å²) >= 11 is 5.80. The normalized spacial score (nSPS) is 10.2. The lowest BCUT2D eigenvalue weighted by Crippen LogP contribution is -2.08. The van der Waals surface area contributed by atoms with Crippen LogP contribution in [0.15, 0.2) is 48.5 Å². The topological polar surface area (TPSA) is 128 Å². The van der Waals surface area contributed by atoms with Crippen molar-refractivity contribution >= 4 is 29.3 Å². The fourth-order valence-electron chi connectivity index (χ4n) is 2.25. The van der Waals surface area contributed by atoms with Gasteiger partial charge in [-0.25, -0.2) is 9.78 Å². The van der Waals surface area contributed by atoms with Gasteiger partial charge in [-0.3, -0.25) is 0 Å². The predicted octanol–water partition coefficient (Wildman–Crippen LogP) is 3.05. The Labute approximate surface area is 153 Å². The fourth-order valence-corrected chi connectivity index (χ4v) is 2.37. The first-order chi connectivity index (χ1) is 12.5. The van der Waals surface area contributed by atoms with Crippen LogP contribution in [-0.2, 0) is 0 Å². The van der Waals surface area contributed by atoms with Crippen molar-refractivity contribution < 1.29 is 9.53 Å². The molecule has 8 heteroatoms. The second-order valence-electron chi connectivity index (χ2n) is 5.22. The van der Waals surface area contributed by atoms with Crippen LogP contribution in [0.1, 0.15) is 15.9 Å². The SMILES string of the molecule is N#Cc1c(N)nc(N)nc1-c1ccc(OC(=O)c2ccc(Cl)cc2)cc1. The number of rotatable bonds is 3. The standard InChI is InChI=1S/C18H12ClN5O2/c19-12-5-1-11(2-6-12)17(25)26-13-7-3-10(4-8-13)15-14(9-20)16(21)24-18(22)23-15/h1-8H,(H4,21,22,23,24). The number of ether oxygens (including phenoxy) is 1. The number of nitriles is 1. The van der Waals surface area contributed by atoms with E-state index in [0.29, 0.717) is 27.6 Å². The second kappa shape index (κ2) is 7.09. The van der Waals surface area contributed by atoms with Gasteiger partial charge >= 0.3 is 5.97 Å². The summed E-state index contributed by atoms with van der Waals surface area (Å²) in [4.78, 5) is 19.9. The van der Waals surface area contributed by atoms with Crippen LogP contribution in [0.2, 0.25) is 5.02 Å². The molecule has 128 valence electrons. The van der Waals surface area contributed by atoms with Crippen LogP contribution < -0.4 is 16.2 Å². The third-order valence-electron chi connectivity index (χ3n) is 3.48. The molecule has 26 heavy (non-hydrogen) atoms. The molecule has 0 aliphatic heterocycles. The number of aromatic nitrogens is 2. The van der Waals surface area contributed by atoms with Crippen LogP contribution in [-0.4, -0.2) is 15.9 Å². The number of esters is 1. The third kappa shape index (κ3) is 3.55. The highest BCUT2D eigenvalue weighted by atomic mass is 35.5. The fraction of sp³-hybridized carbons (Fsp3) is 0. The van der Waals surface area contributed by atoms with Gasteiger partial charge in [-0.1, -0.05) is 11.6 Å². The Hall–Kier alpha value is -3.63. The van der Waals surface area contributed by atoms with Gasteiger partial charge in [0.05, 0.1) is 11.3 Å². The number of nitrogens with zero attached hydrogens (tertiary/aromatic N) is 3. The maximum atomic E-state index is 12.1. The summed E-state index contributed by atoms with van der Waals surface area (Å²) < 4.78 is 5.31. The Bertz CT molecular complexity index is 1010. The molecule has 4 N–H and O–H groups in total. The summed E-state index contributed by atoms with van der Waals surface area (Å²) in [6, 6.07) is 14.8. The van der Waals surface area contributed by atoms with Crippen molar-refractivity contribution in [2.75, 3.05) is 11.5 Å². The van der Waals surface area contributed by atoms with E-state index in [2.05, 4.69) is 9.97 Å². The zero-order valence-electron chi connectivity index (χ0n) is 13.3. The number of hydrogen-bond donors (Lipinski definition) is 2. The molecule has 3 rings (SSSR count). The Morgan fingerprint density at radius 1 is 1.04 bits per heavy atom. The molecule has 7 nitrogen and oxygen atoms in total. The molecule has 1 aromatic heterocycles. The van der Waals surface area contributed by atoms with Gasteiger partial charge in [0.1, 0.15) is 23.2 Å². The van der Waals surface area contributed by atoms with E-state index in [1.165, 1.54) is 0 Å². The number of nitrogen functional groups attached to an aromatic ring is 2. The van der Waals surface area contributed by atoms with Gasteiger partial charge in [-0.2, -0.15) is 10.2 Å². The maximum Gasteiger partial charge on any atom is 0.343 e. The molecule has 0 saturated heterocycles. The van der Waals surface area contributed by atoms with Crippen LogP contribution >= 0.6 is 11.6 Å². The van der Waals surface area contributed by atoms with Crippen LogP contribution in [0, 0.1) is 11.3 Å². The smallest absolute Gasteiger partial charge is 0.343 e. The van der Waals surface area contributed by atoms with Crippen LogP contribution in [0.3, 0.4) is 0 Å². The molecule has 0 unspecified atom stereocenters. The quantitative estimate of drug-likeness (QED) is 0.539. The zero-order chi connectivity index (χ0) is 18.7. The first kappa shape index (κ1) is 17.2. The van der Waals surface area contributed by atoms with Gasteiger partial charge in [-0.15, -0.1) is 0 Å². The lowest BCUT2D eigenvalue weighted by Gasteiger charge is -2.08. The zero-order valence-corrected chi connectivity index (χ0v) is 14.1. The number of hydrogen-bond acceptors (Lipinski definition) is 7. The molecule has 0 atom stereocenters. The molecule has 1 heterocycles. The monoisotopic (exact) mass is 365 g/mol. The summed E-state index contributed by atoms with van der Waals surface area (Å²) in [6.07, 6.45) is 0. The van der Waals surface area contributed by atoms with Gasteiger partial charge in [0.25, 0.3) is 0 Å². The van der Waals surface area contributed by atoms with Crippen molar-refractivity contribution in [3.05, 3.63) is 64.7 Å². The summed E-state index contributed by atoms with van der Waals surface area (Å²) in [5, 5.41) is 9.77. The number of benzene rings is 2. The molecular weight excluding hydrogens is 354 g/mol. The molecule has 0 fully saturated rings. The van der Waals surface area contributed by atoms with Crippen LogP contribution in [0.25, 0.3) is 11.3 Å². The van der Waals surface area contributed by atoms with E-state index in [1.54, 1.807) is 48.5 Å². The summed E-state index contributed by atoms with van der Waals surface area (Å²) in [5.74, 6) is -0.201. The first-order valence-corrected chi connectivity index (χ1v) is 7.77. The Morgan fingerprint density at radius 2 is 1.69 bits per heavy atom. The molecule has 0 aliphatic rings. The number of carbonyl (C=O) groups is 1. The van der Waals surface area contributed by atoms with Gasteiger partial charge in [0.15, 0.2) is 0 Å². The molecule has 0 radical (unpaired) electrons. The highest BCUT2D eigenvalue weighted by Crippen LogP contribution is 2.27. The van der Waals surface area contributed by atoms with E-state index >= 15 is 0 Å². The minimum absolute atomic E-state index is 0.00763. The summed E-state index contributed by atoms with van der Waals surface area (Å²) in [6.45, 7) is 0. The molecule has 2 aromatic carbocycles. The van der Waals surface area contributed by atoms with Crippen molar-refractivity contribution in [2.24, 2.45) is 0 Å². The Balaban J connectivity index is 1.84. The Kier molecular flexibility index (Phi) is 4.69. The van der Waals surface area contributed by atoms with Crippen molar-refractivity contribution in [1.29, 1.82) is 5.26 Å². The summed E-state index contributed by atoms with van der Waals surface area (Å²) in [7, 11) is 0. The minimum Gasteiger partial charge on any atom is -0.423 e. The molecule has 3 aromatic rings. The van der Waals surface area contributed by atoms with Gasteiger partial charge in [-0.05, 0) is 48.5 Å². The number of halogens is 1. The summed E-state index contributed by atoms with van der Waals surface area (Å²) in [5.41, 5.74) is 12.7. The minimum atomic E-state index is -0.511. The van der Waals surface area contributed by atoms with Crippen molar-refractivity contribution in [3.63, 3.8) is 0 Å². The van der Waals surface area contributed by atoms with E-state index in [0.717, 1.165) is 0 Å². The van der Waals surface area contributed by atoms with Crippen LogP contribution in [0.4, 0.5) is 11.8 Å². The van der Waals surface area contributed by atoms with Crippen molar-refractivity contribution in [3.8, 4) is 23.1 Å². The van der Waals surface area contributed by atoms with E-state index in [1.807, 2.05) is 6.07 Å². The molecule has 0 aliphatic carbocycles. The van der Waals surface area contributed by atoms with E-state index in [9.17, 15) is 10.1 Å². The molecule has 0 saturated carbocycles. The van der Waals surface area contributed by atoms with Crippen molar-refractivity contribution in [2.45, 2.75) is 0 Å². The second-order valence-corrected chi connectivity index (χ2v) is 5.66. The largest absolute Gasteiger partial charge is 0.423 e. The molecule has 0 amide bonds. The maximum absolute atomic E-state index is 12.1. The van der Waals surface area contributed by atoms with Crippen molar-refractivity contribution in [1.82, 2.24) is 9.97 Å². The molecule has 0 bridgehead atoms. The van der Waals surface area contributed by atoms with Gasteiger partial charge < -0.3 is 16.2 Å².